The highest BCUT2D eigenvalue weighted by atomic mass is 19.1. The maximum absolute atomic E-state index is 13.9. The molecule has 1 N–H and O–H groups in total. The lowest BCUT2D eigenvalue weighted by Crippen LogP contribution is -2.49. The molecule has 7 nitrogen and oxygen atoms in total. The molecule has 0 radical (unpaired) electrons. The van der Waals surface area contributed by atoms with Crippen molar-refractivity contribution in [2.24, 2.45) is 11.8 Å². The SMILES string of the molecule is [C-]#[N+]c1ccc(N2C(=O)[C@@H]3[C@H](C2=O)C2(C)OC3(CCOc3ccc(F)cc3)CC2O)c2ccccc12. The summed E-state index contributed by atoms with van der Waals surface area (Å²) in [6, 6.07) is 16.1. The van der Waals surface area contributed by atoms with Crippen molar-refractivity contribution in [1.29, 1.82) is 0 Å². The van der Waals surface area contributed by atoms with Gasteiger partial charge in [0.05, 0.1) is 42.4 Å². The third-order valence-corrected chi connectivity index (χ3v) is 7.96. The largest absolute Gasteiger partial charge is 0.493 e. The molecule has 3 aromatic carbocycles. The topological polar surface area (TPSA) is 80.4 Å². The van der Waals surface area contributed by atoms with Crippen LogP contribution in [0.4, 0.5) is 15.8 Å². The van der Waals surface area contributed by atoms with Gasteiger partial charge in [0, 0.05) is 12.8 Å². The van der Waals surface area contributed by atoms with Crippen LogP contribution in [0.25, 0.3) is 15.6 Å². The normalized spacial score (nSPS) is 30.6. The molecule has 2 amide bonds. The zero-order valence-corrected chi connectivity index (χ0v) is 19.5. The van der Waals surface area contributed by atoms with Crippen molar-refractivity contribution < 1.29 is 28.6 Å². The first-order valence-corrected chi connectivity index (χ1v) is 11.8. The standard InChI is InChI=1S/C28H23FN2O5/c1-27-22(32)15-28(36-27,13-14-35-17-9-7-16(29)8-10-17)24-23(27)25(33)31(26(24)34)21-12-11-20(30-2)18-5-3-4-6-19(18)21/h3-12,22-24,32H,13-15H2,1H3/t22?,23-,24+,27?,28?/m1/s1. The molecule has 0 aliphatic carbocycles. The summed E-state index contributed by atoms with van der Waals surface area (Å²) in [5, 5.41) is 12.2. The molecule has 0 saturated carbocycles. The molecule has 2 bridgehead atoms. The number of fused-ring (bicyclic) bond motifs is 6. The van der Waals surface area contributed by atoms with Gasteiger partial charge in [-0.15, -0.1) is 0 Å². The van der Waals surface area contributed by atoms with Gasteiger partial charge < -0.3 is 14.6 Å². The number of aliphatic hydroxyl groups excluding tert-OH is 1. The van der Waals surface area contributed by atoms with Gasteiger partial charge in [-0.1, -0.05) is 30.3 Å². The second kappa shape index (κ2) is 7.85. The van der Waals surface area contributed by atoms with Crippen LogP contribution < -0.4 is 9.64 Å². The Morgan fingerprint density at radius 3 is 2.50 bits per heavy atom. The van der Waals surface area contributed by atoms with Crippen LogP contribution in [-0.2, 0) is 14.3 Å². The molecule has 8 heteroatoms. The first-order chi connectivity index (χ1) is 17.3. The summed E-state index contributed by atoms with van der Waals surface area (Å²) in [4.78, 5) is 32.5. The number of hydrogen-bond donors (Lipinski definition) is 1. The number of amides is 2. The molecule has 0 spiro atoms. The molecule has 3 heterocycles. The minimum atomic E-state index is -1.20. The van der Waals surface area contributed by atoms with Crippen LogP contribution in [0.3, 0.4) is 0 Å². The van der Waals surface area contributed by atoms with E-state index >= 15 is 0 Å². The predicted molar refractivity (Wildman–Crippen MR) is 129 cm³/mol. The van der Waals surface area contributed by atoms with Crippen LogP contribution in [0.1, 0.15) is 19.8 Å². The van der Waals surface area contributed by atoms with E-state index in [9.17, 15) is 19.1 Å². The van der Waals surface area contributed by atoms with Gasteiger partial charge in [-0.05, 0) is 48.0 Å². The van der Waals surface area contributed by atoms with Gasteiger partial charge >= 0.3 is 0 Å². The lowest BCUT2D eigenvalue weighted by Gasteiger charge is -2.33. The molecule has 3 aliphatic rings. The van der Waals surface area contributed by atoms with Crippen LogP contribution in [0.15, 0.2) is 60.7 Å². The number of ether oxygens (including phenoxy) is 2. The molecule has 3 aromatic rings. The Morgan fingerprint density at radius 2 is 1.78 bits per heavy atom. The number of hydrogen-bond acceptors (Lipinski definition) is 5. The molecule has 3 unspecified atom stereocenters. The number of nitrogens with zero attached hydrogens (tertiary/aromatic N) is 2. The fourth-order valence-corrected chi connectivity index (χ4v) is 6.29. The molecular formula is C28H23FN2O5. The maximum atomic E-state index is 13.9. The lowest BCUT2D eigenvalue weighted by molar-refractivity contribution is -0.134. The van der Waals surface area contributed by atoms with Crippen molar-refractivity contribution in [2.45, 2.75) is 37.1 Å². The van der Waals surface area contributed by atoms with E-state index in [1.54, 1.807) is 37.3 Å². The number of benzene rings is 3. The van der Waals surface area contributed by atoms with E-state index in [2.05, 4.69) is 4.85 Å². The van der Waals surface area contributed by atoms with E-state index < -0.39 is 35.0 Å². The van der Waals surface area contributed by atoms with Crippen molar-refractivity contribution >= 4 is 34.0 Å². The van der Waals surface area contributed by atoms with Crippen LogP contribution in [0.2, 0.25) is 0 Å². The van der Waals surface area contributed by atoms with Gasteiger partial charge in [0.25, 0.3) is 0 Å². The van der Waals surface area contributed by atoms with Gasteiger partial charge in [-0.25, -0.2) is 14.1 Å². The highest BCUT2D eigenvalue weighted by Gasteiger charge is 2.77. The third kappa shape index (κ3) is 3.03. The fourth-order valence-electron chi connectivity index (χ4n) is 6.29. The Balaban J connectivity index is 1.35. The first kappa shape index (κ1) is 22.7. The van der Waals surface area contributed by atoms with Gasteiger partial charge in [0.2, 0.25) is 11.8 Å². The maximum Gasteiger partial charge on any atom is 0.240 e. The average Bonchev–Trinajstić information content (AvgIpc) is 3.41. The Morgan fingerprint density at radius 1 is 1.08 bits per heavy atom. The van der Waals surface area contributed by atoms with E-state index in [-0.39, 0.29) is 31.2 Å². The number of rotatable bonds is 5. The van der Waals surface area contributed by atoms with E-state index in [1.165, 1.54) is 29.2 Å². The van der Waals surface area contributed by atoms with Crippen molar-refractivity contribution in [1.82, 2.24) is 0 Å². The molecule has 3 aliphatic heterocycles. The molecule has 36 heavy (non-hydrogen) atoms. The minimum absolute atomic E-state index is 0.168. The second-order valence-corrected chi connectivity index (χ2v) is 9.85. The number of carbonyl (C=O) groups excluding carboxylic acids is 2. The Bertz CT molecular complexity index is 1450. The smallest absolute Gasteiger partial charge is 0.240 e. The van der Waals surface area contributed by atoms with E-state index in [0.717, 1.165) is 0 Å². The Hall–Kier alpha value is -3.80. The fraction of sp³-hybridized carbons (Fsp3) is 0.321. The van der Waals surface area contributed by atoms with Gasteiger partial charge in [0.1, 0.15) is 17.2 Å². The average molecular weight is 486 g/mol. The molecule has 3 saturated heterocycles. The van der Waals surface area contributed by atoms with E-state index in [1.807, 2.05) is 6.07 Å². The lowest BCUT2D eigenvalue weighted by atomic mass is 9.66. The quantitative estimate of drug-likeness (QED) is 0.427. The number of anilines is 1. The molecule has 182 valence electrons. The van der Waals surface area contributed by atoms with Crippen molar-refractivity contribution in [3.05, 3.63) is 77.9 Å². The highest BCUT2D eigenvalue weighted by molar-refractivity contribution is 6.26. The molecule has 6 rings (SSSR count). The van der Waals surface area contributed by atoms with Crippen molar-refractivity contribution in [3.63, 3.8) is 0 Å². The van der Waals surface area contributed by atoms with E-state index in [4.69, 9.17) is 16.0 Å². The molecular weight excluding hydrogens is 463 g/mol. The monoisotopic (exact) mass is 486 g/mol. The van der Waals surface area contributed by atoms with Crippen molar-refractivity contribution in [3.8, 4) is 5.75 Å². The van der Waals surface area contributed by atoms with Crippen LogP contribution in [-0.4, -0.2) is 40.8 Å². The Kier molecular flexibility index (Phi) is 4.94. The van der Waals surface area contributed by atoms with Crippen LogP contribution in [0.5, 0.6) is 5.75 Å². The summed E-state index contributed by atoms with van der Waals surface area (Å²) in [6.07, 6.45) is -0.424. The Labute approximate surface area is 206 Å². The number of imide groups is 1. The summed E-state index contributed by atoms with van der Waals surface area (Å²) in [5.41, 5.74) is -1.40. The van der Waals surface area contributed by atoms with Crippen molar-refractivity contribution in [2.75, 3.05) is 11.5 Å². The molecule has 5 atom stereocenters. The predicted octanol–water partition coefficient (Wildman–Crippen LogP) is 4.40. The second-order valence-electron chi connectivity index (χ2n) is 9.85. The minimum Gasteiger partial charge on any atom is -0.493 e. The van der Waals surface area contributed by atoms with Crippen LogP contribution >= 0.6 is 0 Å². The molecule has 3 fully saturated rings. The summed E-state index contributed by atoms with van der Waals surface area (Å²) >= 11 is 0. The number of aliphatic hydroxyl groups is 1. The zero-order chi connectivity index (χ0) is 25.2. The zero-order valence-electron chi connectivity index (χ0n) is 19.5. The number of carbonyl (C=O) groups is 2. The van der Waals surface area contributed by atoms with Gasteiger partial charge in [-0.2, -0.15) is 0 Å². The summed E-state index contributed by atoms with van der Waals surface area (Å²) in [7, 11) is 0. The highest BCUT2D eigenvalue weighted by Crippen LogP contribution is 2.62. The third-order valence-electron chi connectivity index (χ3n) is 7.96. The van der Waals surface area contributed by atoms with Crippen LogP contribution in [0, 0.1) is 24.2 Å². The number of halogens is 1. The summed E-state index contributed by atoms with van der Waals surface area (Å²) in [5.74, 6) is -2.28. The van der Waals surface area contributed by atoms with Gasteiger partial charge in [0.15, 0.2) is 5.69 Å². The first-order valence-electron chi connectivity index (χ1n) is 11.8. The molecule has 0 aromatic heterocycles. The van der Waals surface area contributed by atoms with Gasteiger partial charge in [-0.3, -0.25) is 9.59 Å². The van der Waals surface area contributed by atoms with E-state index in [0.29, 0.717) is 27.9 Å². The summed E-state index contributed by atoms with van der Waals surface area (Å²) < 4.78 is 25.3. The summed E-state index contributed by atoms with van der Waals surface area (Å²) in [6.45, 7) is 9.33.